The minimum absolute atomic E-state index is 0.285. The first-order chi connectivity index (χ1) is 17.4. The number of anilines is 2. The smallest absolute Gasteiger partial charge is 0.255 e. The van der Waals surface area contributed by atoms with Gasteiger partial charge in [-0.05, 0) is 65.6 Å². The molecule has 3 aromatic carbocycles. The molecule has 0 fully saturated rings. The lowest BCUT2D eigenvalue weighted by Crippen LogP contribution is -2.14. The normalized spacial score (nSPS) is 10.9. The first-order valence-electron chi connectivity index (χ1n) is 11.0. The number of hydrogen-bond donors (Lipinski definition) is 2. The maximum Gasteiger partial charge on any atom is 0.255 e. The van der Waals surface area contributed by atoms with Gasteiger partial charge >= 0.3 is 0 Å². The minimum atomic E-state index is -0.410. The monoisotopic (exact) mass is 498 g/mol. The van der Waals surface area contributed by atoms with Gasteiger partial charge in [0.25, 0.3) is 5.91 Å². The number of benzene rings is 3. The highest BCUT2D eigenvalue weighted by Crippen LogP contribution is 2.37. The van der Waals surface area contributed by atoms with Gasteiger partial charge in [-0.3, -0.25) is 4.79 Å². The molecular weight excluding hydrogens is 479 g/mol. The van der Waals surface area contributed by atoms with E-state index in [0.29, 0.717) is 28.3 Å². The van der Waals surface area contributed by atoms with Crippen molar-refractivity contribution in [2.24, 2.45) is 0 Å². The van der Waals surface area contributed by atoms with Crippen LogP contribution in [-0.4, -0.2) is 25.9 Å². The van der Waals surface area contributed by atoms with E-state index in [2.05, 4.69) is 20.5 Å². The van der Waals surface area contributed by atoms with Crippen LogP contribution in [0.25, 0.3) is 28.1 Å². The Labute approximate surface area is 211 Å². The maximum absolute atomic E-state index is 13.7. The summed E-state index contributed by atoms with van der Waals surface area (Å²) in [4.78, 5) is 18.9. The molecule has 1 amide bonds. The zero-order chi connectivity index (χ0) is 25.2. The second-order valence-electron chi connectivity index (χ2n) is 8.11. The molecule has 5 aromatic rings. The topological polar surface area (TPSA) is 98.7 Å². The standard InChI is InChI=1S/C27H20ClFN6O/c1-16-11-23(20-8-7-18(29)12-25(20)30)22(17-5-3-2-4-6-17)14-21(16)27(36)34-19-13-24(28)26(31-15-19)35-32-9-10-33-35/h2-15H,30H2,1H3,(H,34,36). The number of nitrogens with one attached hydrogen (secondary N) is 1. The fourth-order valence-electron chi connectivity index (χ4n) is 3.98. The number of nitrogen functional groups attached to an aromatic ring is 1. The molecule has 9 heteroatoms. The number of aryl methyl sites for hydroxylation is 1. The van der Waals surface area contributed by atoms with E-state index in [1.807, 2.05) is 49.4 Å². The molecule has 2 aromatic heterocycles. The van der Waals surface area contributed by atoms with Crippen molar-refractivity contribution in [1.82, 2.24) is 20.0 Å². The van der Waals surface area contributed by atoms with E-state index < -0.39 is 5.82 Å². The summed E-state index contributed by atoms with van der Waals surface area (Å²) >= 11 is 6.35. The molecule has 0 aliphatic heterocycles. The molecule has 0 radical (unpaired) electrons. The Kier molecular flexibility index (Phi) is 6.18. The van der Waals surface area contributed by atoms with Crippen LogP contribution in [0.5, 0.6) is 0 Å². The molecule has 5 rings (SSSR count). The third-order valence-corrected chi connectivity index (χ3v) is 5.96. The number of carbonyl (C=O) groups is 1. The van der Waals surface area contributed by atoms with Gasteiger partial charge in [0.2, 0.25) is 0 Å². The van der Waals surface area contributed by atoms with Crippen LogP contribution < -0.4 is 11.1 Å². The molecule has 0 saturated heterocycles. The van der Waals surface area contributed by atoms with Crippen LogP contribution in [0.4, 0.5) is 15.8 Å². The summed E-state index contributed by atoms with van der Waals surface area (Å²) < 4.78 is 13.7. The van der Waals surface area contributed by atoms with Gasteiger partial charge < -0.3 is 11.1 Å². The van der Waals surface area contributed by atoms with Crippen LogP contribution in [0.1, 0.15) is 15.9 Å². The fourth-order valence-corrected chi connectivity index (χ4v) is 4.22. The fraction of sp³-hybridized carbons (Fsp3) is 0.0370. The van der Waals surface area contributed by atoms with E-state index in [1.54, 1.807) is 12.1 Å². The second kappa shape index (κ2) is 9.59. The highest BCUT2D eigenvalue weighted by molar-refractivity contribution is 6.32. The predicted octanol–water partition coefficient (Wildman–Crippen LogP) is 5.93. The van der Waals surface area contributed by atoms with Crippen LogP contribution in [0.3, 0.4) is 0 Å². The highest BCUT2D eigenvalue weighted by atomic mass is 35.5. The van der Waals surface area contributed by atoms with Crippen molar-refractivity contribution in [3.05, 3.63) is 107 Å². The number of rotatable bonds is 5. The van der Waals surface area contributed by atoms with Crippen LogP contribution in [0.2, 0.25) is 5.02 Å². The second-order valence-corrected chi connectivity index (χ2v) is 8.52. The van der Waals surface area contributed by atoms with E-state index in [4.69, 9.17) is 17.3 Å². The Morgan fingerprint density at radius 3 is 2.42 bits per heavy atom. The Balaban J connectivity index is 1.54. The average molecular weight is 499 g/mol. The number of nitrogens with two attached hydrogens (primary N) is 1. The molecule has 0 aliphatic carbocycles. The lowest BCUT2D eigenvalue weighted by atomic mass is 9.89. The first-order valence-corrected chi connectivity index (χ1v) is 11.4. The maximum atomic E-state index is 13.7. The number of aromatic nitrogens is 4. The molecule has 0 atom stereocenters. The molecule has 36 heavy (non-hydrogen) atoms. The Morgan fingerprint density at radius 2 is 1.72 bits per heavy atom. The van der Waals surface area contributed by atoms with E-state index >= 15 is 0 Å². The van der Waals surface area contributed by atoms with Gasteiger partial charge in [-0.15, -0.1) is 4.80 Å². The largest absolute Gasteiger partial charge is 0.398 e. The van der Waals surface area contributed by atoms with Gasteiger partial charge in [-0.25, -0.2) is 9.37 Å². The van der Waals surface area contributed by atoms with Crippen LogP contribution >= 0.6 is 11.6 Å². The SMILES string of the molecule is Cc1cc(-c2ccc(F)cc2N)c(-c2ccccc2)cc1C(=O)Nc1cnc(-n2nccn2)c(Cl)c1. The predicted molar refractivity (Wildman–Crippen MR) is 139 cm³/mol. The van der Waals surface area contributed by atoms with Gasteiger partial charge in [-0.2, -0.15) is 10.2 Å². The molecule has 178 valence electrons. The van der Waals surface area contributed by atoms with Gasteiger partial charge in [0.15, 0.2) is 5.82 Å². The summed E-state index contributed by atoms with van der Waals surface area (Å²) in [5, 5.41) is 11.2. The van der Waals surface area contributed by atoms with Gasteiger partial charge in [0.1, 0.15) is 5.82 Å². The van der Waals surface area contributed by atoms with E-state index in [0.717, 1.165) is 22.3 Å². The lowest BCUT2D eigenvalue weighted by Gasteiger charge is -2.17. The number of nitrogens with zero attached hydrogens (tertiary/aromatic N) is 4. The quantitative estimate of drug-likeness (QED) is 0.292. The molecule has 3 N–H and O–H groups in total. The van der Waals surface area contributed by atoms with Crippen molar-refractivity contribution in [2.45, 2.75) is 6.92 Å². The Hall–Kier alpha value is -4.56. The van der Waals surface area contributed by atoms with Crippen molar-refractivity contribution < 1.29 is 9.18 Å². The number of hydrogen-bond acceptors (Lipinski definition) is 5. The average Bonchev–Trinajstić information content (AvgIpc) is 3.39. The third kappa shape index (κ3) is 4.54. The molecule has 0 aliphatic rings. The highest BCUT2D eigenvalue weighted by Gasteiger charge is 2.18. The lowest BCUT2D eigenvalue weighted by molar-refractivity contribution is 0.102. The summed E-state index contributed by atoms with van der Waals surface area (Å²) in [5.41, 5.74) is 11.3. The zero-order valence-electron chi connectivity index (χ0n) is 19.1. The number of halogens is 2. The van der Waals surface area contributed by atoms with Gasteiger partial charge in [0.05, 0.1) is 29.3 Å². The van der Waals surface area contributed by atoms with Crippen molar-refractivity contribution >= 4 is 28.9 Å². The molecule has 2 heterocycles. The van der Waals surface area contributed by atoms with Crippen molar-refractivity contribution in [1.29, 1.82) is 0 Å². The number of amides is 1. The summed E-state index contributed by atoms with van der Waals surface area (Å²) in [6.45, 7) is 1.84. The summed E-state index contributed by atoms with van der Waals surface area (Å²) in [5.74, 6) is -0.388. The van der Waals surface area contributed by atoms with Crippen LogP contribution in [0, 0.1) is 12.7 Å². The molecule has 0 bridgehead atoms. The number of carbonyl (C=O) groups excluding carboxylic acids is 1. The summed E-state index contributed by atoms with van der Waals surface area (Å²) in [6.07, 6.45) is 4.53. The molecule has 7 nitrogen and oxygen atoms in total. The van der Waals surface area contributed by atoms with Crippen molar-refractivity contribution in [2.75, 3.05) is 11.1 Å². The number of pyridine rings is 1. The van der Waals surface area contributed by atoms with Gasteiger partial charge in [-0.1, -0.05) is 41.9 Å². The van der Waals surface area contributed by atoms with Crippen molar-refractivity contribution in [3.8, 4) is 28.1 Å². The van der Waals surface area contributed by atoms with Crippen LogP contribution in [-0.2, 0) is 0 Å². The first kappa shape index (κ1) is 23.2. The summed E-state index contributed by atoms with van der Waals surface area (Å²) in [7, 11) is 0. The van der Waals surface area contributed by atoms with Crippen LogP contribution in [0.15, 0.2) is 85.3 Å². The van der Waals surface area contributed by atoms with E-state index in [9.17, 15) is 9.18 Å². The molecule has 0 saturated carbocycles. The van der Waals surface area contributed by atoms with Crippen molar-refractivity contribution in [3.63, 3.8) is 0 Å². The Morgan fingerprint density at radius 1 is 0.972 bits per heavy atom. The Bertz CT molecular complexity index is 1570. The summed E-state index contributed by atoms with van der Waals surface area (Å²) in [6, 6.07) is 19.2. The minimum Gasteiger partial charge on any atom is -0.398 e. The van der Waals surface area contributed by atoms with E-state index in [1.165, 1.54) is 35.5 Å². The van der Waals surface area contributed by atoms with E-state index in [-0.39, 0.29) is 10.9 Å². The molecule has 0 unspecified atom stereocenters. The molecule has 0 spiro atoms. The third-order valence-electron chi connectivity index (χ3n) is 5.69. The van der Waals surface area contributed by atoms with Gasteiger partial charge in [0, 0.05) is 16.8 Å². The zero-order valence-corrected chi connectivity index (χ0v) is 19.9. The molecular formula is C27H20ClFN6O.